The van der Waals surface area contributed by atoms with Crippen molar-refractivity contribution in [2.45, 2.75) is 6.43 Å². The van der Waals surface area contributed by atoms with Crippen molar-refractivity contribution in [1.82, 2.24) is 10.6 Å². The lowest BCUT2D eigenvalue weighted by atomic mass is 10.5. The molecule has 7 heteroatoms. The Hall–Kier alpha value is -1.24. The number of alkyl carbamates (subject to hydrolysis) is 1. The predicted octanol–water partition coefficient (Wildman–Crippen LogP) is 0.750. The zero-order chi connectivity index (χ0) is 9.84. The molecule has 13 heavy (non-hydrogen) atoms. The molecule has 4 nitrogen and oxygen atoms in total. The van der Waals surface area contributed by atoms with Crippen molar-refractivity contribution in [3.63, 3.8) is 0 Å². The van der Waals surface area contributed by atoms with Gasteiger partial charge in [0.1, 0.15) is 10.7 Å². The standard InChI is InChI=1S/C6H6F2N2O2S/c7-4(8)5(13)9-1-3-2-10-6(11)12-3/h1,4H,2H2,(H,9,13)(H,10,11)/b3-1-. The third-order valence-corrected chi connectivity index (χ3v) is 1.50. The second-order valence-corrected chi connectivity index (χ2v) is 2.60. The summed E-state index contributed by atoms with van der Waals surface area (Å²) in [5, 5.41) is 4.47. The molecule has 72 valence electrons. The first-order chi connectivity index (χ1) is 6.09. The third kappa shape index (κ3) is 2.94. The molecule has 0 unspecified atom stereocenters. The molecule has 1 saturated heterocycles. The van der Waals surface area contributed by atoms with E-state index in [4.69, 9.17) is 0 Å². The predicted molar refractivity (Wildman–Crippen MR) is 44.3 cm³/mol. The summed E-state index contributed by atoms with van der Waals surface area (Å²) in [7, 11) is 0. The van der Waals surface area contributed by atoms with Gasteiger partial charge in [0.15, 0.2) is 0 Å². The van der Waals surface area contributed by atoms with Crippen molar-refractivity contribution in [2.24, 2.45) is 0 Å². The number of hydrogen-bond acceptors (Lipinski definition) is 3. The molecule has 2 N–H and O–H groups in total. The summed E-state index contributed by atoms with van der Waals surface area (Å²) in [6, 6.07) is 0. The number of cyclic esters (lactones) is 1. The number of alkyl halides is 2. The molecule has 0 aliphatic carbocycles. The zero-order valence-corrected chi connectivity index (χ0v) is 7.16. The number of carbonyl (C=O) groups excluding carboxylic acids is 1. The second kappa shape index (κ2) is 4.13. The fourth-order valence-corrected chi connectivity index (χ4v) is 0.705. The molecule has 0 radical (unpaired) electrons. The topological polar surface area (TPSA) is 50.4 Å². The van der Waals surface area contributed by atoms with Crippen LogP contribution in [-0.4, -0.2) is 24.1 Å². The lowest BCUT2D eigenvalue weighted by Gasteiger charge is -2.01. The maximum absolute atomic E-state index is 11.8. The number of nitrogens with one attached hydrogen (secondary N) is 2. The lowest BCUT2D eigenvalue weighted by molar-refractivity contribution is 0.194. The fraction of sp³-hybridized carbons (Fsp3) is 0.333. The van der Waals surface area contributed by atoms with Gasteiger partial charge in [-0.3, -0.25) is 0 Å². The largest absolute Gasteiger partial charge is 0.412 e. The van der Waals surface area contributed by atoms with Gasteiger partial charge in [0.25, 0.3) is 6.43 Å². The van der Waals surface area contributed by atoms with Crippen LogP contribution < -0.4 is 10.6 Å². The molecule has 1 aliphatic heterocycles. The summed E-state index contributed by atoms with van der Waals surface area (Å²) in [5.41, 5.74) is 0. The van der Waals surface area contributed by atoms with Crippen molar-refractivity contribution >= 4 is 23.3 Å². The van der Waals surface area contributed by atoms with Crippen LogP contribution in [0.1, 0.15) is 0 Å². The van der Waals surface area contributed by atoms with Crippen molar-refractivity contribution in [3.8, 4) is 0 Å². The monoisotopic (exact) mass is 208 g/mol. The molecule has 0 saturated carbocycles. The van der Waals surface area contributed by atoms with Crippen molar-refractivity contribution < 1.29 is 18.3 Å². The number of carbonyl (C=O) groups is 1. The molecular formula is C6H6F2N2O2S. The molecule has 1 rings (SSSR count). The Morgan fingerprint density at radius 1 is 1.77 bits per heavy atom. The van der Waals surface area contributed by atoms with Gasteiger partial charge < -0.3 is 15.4 Å². The van der Waals surface area contributed by atoms with E-state index >= 15 is 0 Å². The smallest absolute Gasteiger partial charge is 0.411 e. The molecule has 1 fully saturated rings. The SMILES string of the molecule is O=C1NC/C(=C/NC(=S)C(F)F)O1. The van der Waals surface area contributed by atoms with Gasteiger partial charge in [0.2, 0.25) is 0 Å². The molecule has 0 aromatic carbocycles. The number of hydrogen-bond donors (Lipinski definition) is 2. The average Bonchev–Trinajstić information content (AvgIpc) is 2.47. The minimum Gasteiger partial charge on any atom is -0.411 e. The van der Waals surface area contributed by atoms with Gasteiger partial charge in [-0.1, -0.05) is 12.2 Å². The van der Waals surface area contributed by atoms with Crippen LogP contribution in [0.2, 0.25) is 0 Å². The fourth-order valence-electron chi connectivity index (χ4n) is 0.646. The highest BCUT2D eigenvalue weighted by molar-refractivity contribution is 7.80. The van der Waals surface area contributed by atoms with Gasteiger partial charge in [-0.15, -0.1) is 0 Å². The van der Waals surface area contributed by atoms with E-state index in [0.717, 1.165) is 6.20 Å². The highest BCUT2D eigenvalue weighted by Crippen LogP contribution is 2.02. The average molecular weight is 208 g/mol. The molecule has 0 aromatic rings. The zero-order valence-electron chi connectivity index (χ0n) is 6.34. The Balaban J connectivity index is 2.40. The van der Waals surface area contributed by atoms with Crippen LogP contribution in [-0.2, 0) is 4.74 Å². The van der Waals surface area contributed by atoms with E-state index in [-0.39, 0.29) is 12.3 Å². The summed E-state index contributed by atoms with van der Waals surface area (Å²) >= 11 is 4.28. The first kappa shape index (κ1) is 9.85. The van der Waals surface area contributed by atoms with Crippen LogP contribution >= 0.6 is 12.2 Å². The van der Waals surface area contributed by atoms with E-state index in [1.54, 1.807) is 0 Å². The molecule has 1 aliphatic rings. The van der Waals surface area contributed by atoms with Gasteiger partial charge in [0.05, 0.1) is 6.54 Å². The van der Waals surface area contributed by atoms with Gasteiger partial charge in [0, 0.05) is 6.20 Å². The molecule has 0 atom stereocenters. The van der Waals surface area contributed by atoms with E-state index in [0.29, 0.717) is 0 Å². The van der Waals surface area contributed by atoms with E-state index in [1.165, 1.54) is 0 Å². The maximum Gasteiger partial charge on any atom is 0.412 e. The first-order valence-electron chi connectivity index (χ1n) is 3.33. The molecule has 1 heterocycles. The van der Waals surface area contributed by atoms with Crippen molar-refractivity contribution in [3.05, 3.63) is 12.0 Å². The van der Waals surface area contributed by atoms with Crippen LogP contribution in [0.3, 0.4) is 0 Å². The van der Waals surface area contributed by atoms with Crippen LogP contribution in [0.15, 0.2) is 12.0 Å². The summed E-state index contributed by atoms with van der Waals surface area (Å²) < 4.78 is 28.2. The summed E-state index contributed by atoms with van der Waals surface area (Å²) in [4.78, 5) is 9.85. The normalized spacial score (nSPS) is 18.7. The highest BCUT2D eigenvalue weighted by atomic mass is 32.1. The quantitative estimate of drug-likeness (QED) is 0.657. The first-order valence-corrected chi connectivity index (χ1v) is 3.73. The Labute approximate surface area is 77.9 Å². The minimum absolute atomic E-state index is 0.178. The van der Waals surface area contributed by atoms with Gasteiger partial charge in [-0.25, -0.2) is 13.6 Å². The number of thiocarbonyl (C=S) groups is 1. The molecule has 1 amide bonds. The third-order valence-electron chi connectivity index (χ3n) is 1.20. The molecular weight excluding hydrogens is 202 g/mol. The van der Waals surface area contributed by atoms with E-state index < -0.39 is 17.5 Å². The van der Waals surface area contributed by atoms with Crippen molar-refractivity contribution in [1.29, 1.82) is 0 Å². The highest BCUT2D eigenvalue weighted by Gasteiger charge is 2.16. The summed E-state index contributed by atoms with van der Waals surface area (Å²) in [5.74, 6) is 0.230. The van der Waals surface area contributed by atoms with Crippen LogP contribution in [0.5, 0.6) is 0 Å². The molecule has 0 bridgehead atoms. The Kier molecular flexibility index (Phi) is 3.13. The number of halogens is 2. The Morgan fingerprint density at radius 2 is 2.46 bits per heavy atom. The molecule has 0 spiro atoms. The van der Waals surface area contributed by atoms with Crippen LogP contribution in [0, 0.1) is 0 Å². The summed E-state index contributed by atoms with van der Waals surface area (Å²) in [6.07, 6.45) is -2.18. The lowest BCUT2D eigenvalue weighted by Crippen LogP contribution is -2.23. The van der Waals surface area contributed by atoms with Crippen molar-refractivity contribution in [2.75, 3.05) is 6.54 Å². The van der Waals surface area contributed by atoms with E-state index in [2.05, 4.69) is 27.6 Å². The van der Waals surface area contributed by atoms with Gasteiger partial charge in [-0.05, 0) is 0 Å². The van der Waals surface area contributed by atoms with Crippen LogP contribution in [0.25, 0.3) is 0 Å². The number of amides is 1. The van der Waals surface area contributed by atoms with Crippen LogP contribution in [0.4, 0.5) is 13.6 Å². The Morgan fingerprint density at radius 3 is 2.92 bits per heavy atom. The maximum atomic E-state index is 11.8. The summed E-state index contributed by atoms with van der Waals surface area (Å²) in [6.45, 7) is 0.178. The van der Waals surface area contributed by atoms with E-state index in [9.17, 15) is 13.6 Å². The van der Waals surface area contributed by atoms with Gasteiger partial charge in [-0.2, -0.15) is 0 Å². The second-order valence-electron chi connectivity index (χ2n) is 2.16. The molecule has 0 aromatic heterocycles. The minimum atomic E-state index is -2.71. The van der Waals surface area contributed by atoms with E-state index in [1.807, 2.05) is 0 Å². The van der Waals surface area contributed by atoms with Gasteiger partial charge >= 0.3 is 6.09 Å². The number of rotatable bonds is 2. The number of ether oxygens (including phenoxy) is 1. The Bertz CT molecular complexity index is 267.